The standard InChI is InChI=1S/C19H18N.C11H20O2.Ir/c1-12-5-7-18-16(9-12)6-8-19(20-18)17-10-13(2)15(4)14(3)11-17;1-10(2,3)8(12)7-9(13)11(4,5)6;/h5-10H,1-4H3;7,12H,1-6H3;/q-1;;. The van der Waals surface area contributed by atoms with E-state index in [1.165, 1.54) is 33.7 Å². The number of fused-ring (bicyclic) bond motifs is 1. The molecule has 0 spiro atoms. The Bertz CT molecular complexity index is 1170. The summed E-state index contributed by atoms with van der Waals surface area (Å²) >= 11 is 0. The van der Waals surface area contributed by atoms with Gasteiger partial charge in [0.2, 0.25) is 0 Å². The quantitative estimate of drug-likeness (QED) is 0.176. The summed E-state index contributed by atoms with van der Waals surface area (Å²) < 4.78 is 0. The van der Waals surface area contributed by atoms with Crippen LogP contribution < -0.4 is 0 Å². The fraction of sp³-hybridized carbons (Fsp3) is 0.400. The molecule has 4 heteroatoms. The molecular formula is C30H38IrNO2-. The molecule has 34 heavy (non-hydrogen) atoms. The van der Waals surface area contributed by atoms with E-state index in [-0.39, 0.29) is 37.1 Å². The number of allylic oxidation sites excluding steroid dienone is 2. The molecule has 0 fully saturated rings. The maximum Gasteiger partial charge on any atom is 0.164 e. The number of aryl methyl sites for hydroxylation is 3. The SMILES string of the molecule is CC(C)(C)C(=O)C=C(O)C(C)(C)C.Cc1ccc2nc(-c3[c-]c(C)c(C)c(C)c3)ccc2c1.[Ir]. The van der Waals surface area contributed by atoms with E-state index in [4.69, 9.17) is 4.98 Å². The Morgan fingerprint density at radius 3 is 2.06 bits per heavy atom. The minimum atomic E-state index is -0.417. The van der Waals surface area contributed by atoms with Gasteiger partial charge >= 0.3 is 0 Å². The number of nitrogens with zero attached hydrogens (tertiary/aromatic N) is 1. The van der Waals surface area contributed by atoms with Gasteiger partial charge in [0.15, 0.2) is 5.78 Å². The number of hydrogen-bond donors (Lipinski definition) is 1. The van der Waals surface area contributed by atoms with Crippen molar-refractivity contribution in [3.63, 3.8) is 0 Å². The van der Waals surface area contributed by atoms with Crippen LogP contribution in [0.3, 0.4) is 0 Å². The molecule has 0 aliphatic carbocycles. The number of hydrogen-bond acceptors (Lipinski definition) is 3. The van der Waals surface area contributed by atoms with E-state index in [0.29, 0.717) is 0 Å². The van der Waals surface area contributed by atoms with Gasteiger partial charge in [-0.15, -0.1) is 34.4 Å². The van der Waals surface area contributed by atoms with E-state index in [1.54, 1.807) is 0 Å². The molecule has 1 radical (unpaired) electrons. The average Bonchev–Trinajstić information content (AvgIpc) is 2.70. The first kappa shape index (κ1) is 29.7. The topological polar surface area (TPSA) is 50.2 Å². The predicted octanol–water partition coefficient (Wildman–Crippen LogP) is 8.02. The van der Waals surface area contributed by atoms with Gasteiger partial charge in [-0.25, -0.2) is 0 Å². The number of pyridine rings is 1. The minimum Gasteiger partial charge on any atom is -0.512 e. The molecule has 0 atom stereocenters. The third-order valence-electron chi connectivity index (χ3n) is 5.73. The van der Waals surface area contributed by atoms with Gasteiger partial charge in [0.25, 0.3) is 0 Å². The third kappa shape index (κ3) is 7.89. The second kappa shape index (κ2) is 11.4. The number of carbonyl (C=O) groups excluding carboxylic acids is 1. The van der Waals surface area contributed by atoms with E-state index in [0.717, 1.165) is 16.8 Å². The Kier molecular flexibility index (Phi) is 9.99. The normalized spacial score (nSPS) is 12.0. The van der Waals surface area contributed by atoms with Crippen molar-refractivity contribution in [2.24, 2.45) is 10.8 Å². The average molecular weight is 637 g/mol. The molecule has 0 aliphatic heterocycles. The molecule has 1 N–H and O–H groups in total. The Balaban J connectivity index is 0.000000364. The van der Waals surface area contributed by atoms with Gasteiger partial charge < -0.3 is 5.11 Å². The molecular weight excluding hydrogens is 599 g/mol. The fourth-order valence-corrected chi connectivity index (χ4v) is 3.04. The second-order valence-corrected chi connectivity index (χ2v) is 10.9. The maximum absolute atomic E-state index is 11.5. The van der Waals surface area contributed by atoms with Gasteiger partial charge in [0.1, 0.15) is 5.76 Å². The summed E-state index contributed by atoms with van der Waals surface area (Å²) in [5.74, 6) is 0.104. The Morgan fingerprint density at radius 1 is 0.912 bits per heavy atom. The third-order valence-corrected chi connectivity index (χ3v) is 5.73. The van der Waals surface area contributed by atoms with Crippen LogP contribution in [0.25, 0.3) is 22.2 Å². The largest absolute Gasteiger partial charge is 0.512 e. The monoisotopic (exact) mass is 637 g/mol. The van der Waals surface area contributed by atoms with Crippen LogP contribution in [0.4, 0.5) is 0 Å². The summed E-state index contributed by atoms with van der Waals surface area (Å²) in [4.78, 5) is 16.3. The number of aromatic nitrogens is 1. The fourth-order valence-electron chi connectivity index (χ4n) is 3.04. The van der Waals surface area contributed by atoms with Crippen molar-refractivity contribution in [1.29, 1.82) is 0 Å². The molecule has 2 aromatic carbocycles. The van der Waals surface area contributed by atoms with Gasteiger partial charge in [0, 0.05) is 37.0 Å². The second-order valence-electron chi connectivity index (χ2n) is 10.9. The van der Waals surface area contributed by atoms with Gasteiger partial charge in [-0.3, -0.25) is 9.78 Å². The molecule has 0 amide bonds. The van der Waals surface area contributed by atoms with Crippen LogP contribution in [0.15, 0.2) is 48.2 Å². The molecule has 1 aromatic heterocycles. The molecule has 3 aromatic rings. The van der Waals surface area contributed by atoms with E-state index < -0.39 is 5.41 Å². The summed E-state index contributed by atoms with van der Waals surface area (Å²) in [5, 5.41) is 10.7. The van der Waals surface area contributed by atoms with Crippen LogP contribution >= 0.6 is 0 Å². The summed E-state index contributed by atoms with van der Waals surface area (Å²) in [6, 6.07) is 16.2. The summed E-state index contributed by atoms with van der Waals surface area (Å²) in [5.41, 5.74) is 7.41. The smallest absolute Gasteiger partial charge is 0.164 e. The van der Waals surface area contributed by atoms with E-state index in [2.05, 4.69) is 70.2 Å². The number of rotatable bonds is 2. The zero-order chi connectivity index (χ0) is 25.1. The van der Waals surface area contributed by atoms with Crippen molar-refractivity contribution in [2.45, 2.75) is 69.2 Å². The molecule has 1 heterocycles. The zero-order valence-corrected chi connectivity index (χ0v) is 24.6. The van der Waals surface area contributed by atoms with Crippen molar-refractivity contribution in [2.75, 3.05) is 0 Å². The van der Waals surface area contributed by atoms with Crippen LogP contribution in [0, 0.1) is 44.6 Å². The summed E-state index contributed by atoms with van der Waals surface area (Å²) in [6.07, 6.45) is 1.33. The Labute approximate surface area is 219 Å². The molecule has 185 valence electrons. The van der Waals surface area contributed by atoms with E-state index >= 15 is 0 Å². The minimum absolute atomic E-state index is 0. The van der Waals surface area contributed by atoms with E-state index in [1.807, 2.05) is 41.5 Å². The molecule has 0 unspecified atom stereocenters. The van der Waals surface area contributed by atoms with Gasteiger partial charge in [-0.1, -0.05) is 86.1 Å². The number of carbonyl (C=O) groups is 1. The van der Waals surface area contributed by atoms with E-state index in [9.17, 15) is 9.90 Å². The van der Waals surface area contributed by atoms with Gasteiger partial charge in [-0.05, 0) is 30.1 Å². The van der Waals surface area contributed by atoms with Crippen molar-refractivity contribution in [3.05, 3.63) is 76.6 Å². The number of benzene rings is 2. The van der Waals surface area contributed by atoms with Crippen LogP contribution in [0.1, 0.15) is 63.8 Å². The van der Waals surface area contributed by atoms with Crippen molar-refractivity contribution < 1.29 is 30.0 Å². The molecule has 0 bridgehead atoms. The van der Waals surface area contributed by atoms with Gasteiger partial charge in [-0.2, -0.15) is 0 Å². The van der Waals surface area contributed by atoms with Crippen LogP contribution in [0.5, 0.6) is 0 Å². The number of aliphatic hydroxyl groups is 1. The van der Waals surface area contributed by atoms with Crippen LogP contribution in [-0.4, -0.2) is 15.9 Å². The number of ketones is 1. The molecule has 0 saturated heterocycles. The first-order valence-electron chi connectivity index (χ1n) is 11.4. The molecule has 0 saturated carbocycles. The summed E-state index contributed by atoms with van der Waals surface area (Å²) in [7, 11) is 0. The van der Waals surface area contributed by atoms with Crippen molar-refractivity contribution in [1.82, 2.24) is 4.98 Å². The molecule has 3 rings (SSSR count). The predicted molar refractivity (Wildman–Crippen MR) is 140 cm³/mol. The summed E-state index contributed by atoms with van der Waals surface area (Å²) in [6.45, 7) is 19.6. The Morgan fingerprint density at radius 2 is 1.53 bits per heavy atom. The van der Waals surface area contributed by atoms with Crippen LogP contribution in [-0.2, 0) is 24.9 Å². The maximum atomic E-state index is 11.5. The van der Waals surface area contributed by atoms with Crippen molar-refractivity contribution >= 4 is 16.7 Å². The first-order valence-corrected chi connectivity index (χ1v) is 11.4. The Hall–Kier alpha value is -2.29. The van der Waals surface area contributed by atoms with Crippen LogP contribution in [0.2, 0.25) is 0 Å². The molecule has 3 nitrogen and oxygen atoms in total. The first-order chi connectivity index (χ1) is 15.1. The van der Waals surface area contributed by atoms with Crippen molar-refractivity contribution in [3.8, 4) is 11.3 Å². The zero-order valence-electron chi connectivity index (χ0n) is 22.2. The molecule has 0 aliphatic rings. The number of aliphatic hydroxyl groups excluding tert-OH is 1. The van der Waals surface area contributed by atoms with Gasteiger partial charge in [0.05, 0.1) is 5.52 Å².